The summed E-state index contributed by atoms with van der Waals surface area (Å²) < 4.78 is 37.3. The lowest BCUT2D eigenvalue weighted by Gasteiger charge is -2.07. The molecule has 0 unspecified atom stereocenters. The highest BCUT2D eigenvalue weighted by Crippen LogP contribution is 2.29. The van der Waals surface area contributed by atoms with Gasteiger partial charge in [0.2, 0.25) is 0 Å². The number of hydrogen-bond donors (Lipinski definition) is 1. The molecule has 0 radical (unpaired) electrons. The molecule has 0 aliphatic heterocycles. The van der Waals surface area contributed by atoms with E-state index < -0.39 is 11.7 Å². The Kier molecular flexibility index (Phi) is 2.68. The number of nitrogens with one attached hydrogen (secondary N) is 1. The molecule has 0 saturated heterocycles. The van der Waals surface area contributed by atoms with Crippen molar-refractivity contribution in [2.45, 2.75) is 12.6 Å². The average Bonchev–Trinajstić information content (AvgIpc) is 2.70. The van der Waals surface area contributed by atoms with Gasteiger partial charge in [-0.3, -0.25) is 5.10 Å². The zero-order chi connectivity index (χ0) is 11.6. The number of halogens is 3. The van der Waals surface area contributed by atoms with Crippen molar-refractivity contribution in [2.75, 3.05) is 0 Å². The highest BCUT2D eigenvalue weighted by atomic mass is 19.4. The molecule has 0 spiro atoms. The van der Waals surface area contributed by atoms with Crippen LogP contribution in [0.3, 0.4) is 0 Å². The van der Waals surface area contributed by atoms with Gasteiger partial charge in [0.25, 0.3) is 0 Å². The highest BCUT2D eigenvalue weighted by Gasteiger charge is 2.30. The normalized spacial score (nSPS) is 11.7. The summed E-state index contributed by atoms with van der Waals surface area (Å²) >= 11 is 0. The molecule has 2 aromatic rings. The van der Waals surface area contributed by atoms with Crippen molar-refractivity contribution in [3.63, 3.8) is 0 Å². The number of H-pyrrole nitrogens is 1. The summed E-state index contributed by atoms with van der Waals surface area (Å²) in [5, 5.41) is 6.45. The molecule has 0 bridgehead atoms. The number of rotatable bonds is 2. The van der Waals surface area contributed by atoms with Crippen molar-refractivity contribution in [1.82, 2.24) is 10.2 Å². The predicted molar refractivity (Wildman–Crippen MR) is 52.8 cm³/mol. The molecule has 1 aromatic heterocycles. The number of hydrogen-bond acceptors (Lipinski definition) is 1. The Morgan fingerprint density at radius 2 is 2.00 bits per heavy atom. The van der Waals surface area contributed by atoms with E-state index in [1.807, 2.05) is 0 Å². The Labute approximate surface area is 90.1 Å². The molecule has 2 nitrogen and oxygen atoms in total. The van der Waals surface area contributed by atoms with Crippen LogP contribution in [0.25, 0.3) is 0 Å². The largest absolute Gasteiger partial charge is 0.416 e. The molecule has 2 rings (SSSR count). The molecule has 1 aromatic carbocycles. The van der Waals surface area contributed by atoms with Crippen LogP contribution in [0.15, 0.2) is 36.5 Å². The molecule has 1 N–H and O–H groups in total. The maximum atomic E-state index is 12.4. The van der Waals surface area contributed by atoms with Crippen LogP contribution in [0.5, 0.6) is 0 Å². The number of aromatic amines is 1. The Morgan fingerprint density at radius 1 is 1.19 bits per heavy atom. The standard InChI is InChI=1S/C11H9F3N2/c12-11(13,14)9-3-1-2-8(6-9)7-10-4-5-15-16-10/h1-6H,7H2,(H,15,16). The Bertz CT molecular complexity index is 460. The summed E-state index contributed by atoms with van der Waals surface area (Å²) in [7, 11) is 0. The number of nitrogens with zero attached hydrogens (tertiary/aromatic N) is 1. The minimum atomic E-state index is -4.29. The van der Waals surface area contributed by atoms with E-state index in [0.29, 0.717) is 12.0 Å². The molecular weight excluding hydrogens is 217 g/mol. The van der Waals surface area contributed by atoms with Crippen LogP contribution in [0.2, 0.25) is 0 Å². The Hall–Kier alpha value is -1.78. The third-order valence-electron chi connectivity index (χ3n) is 2.21. The van der Waals surface area contributed by atoms with E-state index in [9.17, 15) is 13.2 Å². The van der Waals surface area contributed by atoms with Crippen LogP contribution in [0.4, 0.5) is 13.2 Å². The second-order valence-corrected chi connectivity index (χ2v) is 3.46. The Morgan fingerprint density at radius 3 is 2.62 bits per heavy atom. The van der Waals surface area contributed by atoms with E-state index in [1.165, 1.54) is 6.07 Å². The Balaban J connectivity index is 2.23. The van der Waals surface area contributed by atoms with Crippen LogP contribution in [0, 0.1) is 0 Å². The van der Waals surface area contributed by atoms with Gasteiger partial charge in [-0.1, -0.05) is 18.2 Å². The second kappa shape index (κ2) is 4.00. The van der Waals surface area contributed by atoms with Crippen molar-refractivity contribution in [3.8, 4) is 0 Å². The van der Waals surface area contributed by atoms with Gasteiger partial charge in [-0.25, -0.2) is 0 Å². The summed E-state index contributed by atoms with van der Waals surface area (Å²) in [6, 6.07) is 7.03. The van der Waals surface area contributed by atoms with Crippen LogP contribution in [0.1, 0.15) is 16.8 Å². The molecule has 0 aliphatic carbocycles. The molecule has 0 aliphatic rings. The first-order chi connectivity index (χ1) is 7.55. The minimum absolute atomic E-state index is 0.421. The fourth-order valence-corrected chi connectivity index (χ4v) is 1.46. The van der Waals surface area contributed by atoms with E-state index in [4.69, 9.17) is 0 Å². The van der Waals surface area contributed by atoms with Crippen molar-refractivity contribution < 1.29 is 13.2 Å². The molecule has 1 heterocycles. The molecule has 0 saturated carbocycles. The quantitative estimate of drug-likeness (QED) is 0.837. The van der Waals surface area contributed by atoms with Gasteiger partial charge in [0.1, 0.15) is 0 Å². The molecule has 0 atom stereocenters. The summed E-state index contributed by atoms with van der Waals surface area (Å²) in [4.78, 5) is 0. The van der Waals surface area contributed by atoms with Gasteiger partial charge in [-0.15, -0.1) is 0 Å². The third kappa shape index (κ3) is 2.42. The lowest BCUT2D eigenvalue weighted by atomic mass is 10.1. The van der Waals surface area contributed by atoms with E-state index in [-0.39, 0.29) is 0 Å². The molecule has 5 heteroatoms. The molecule has 84 valence electrons. The van der Waals surface area contributed by atoms with Crippen molar-refractivity contribution in [2.24, 2.45) is 0 Å². The van der Waals surface area contributed by atoms with Crippen LogP contribution in [-0.2, 0) is 12.6 Å². The smallest absolute Gasteiger partial charge is 0.282 e. The van der Waals surface area contributed by atoms with E-state index in [2.05, 4.69) is 10.2 Å². The monoisotopic (exact) mass is 226 g/mol. The summed E-state index contributed by atoms with van der Waals surface area (Å²) in [5.74, 6) is 0. The van der Waals surface area contributed by atoms with E-state index in [0.717, 1.165) is 17.8 Å². The maximum Gasteiger partial charge on any atom is 0.416 e. The summed E-state index contributed by atoms with van der Waals surface area (Å²) in [5.41, 5.74) is 0.780. The fourth-order valence-electron chi connectivity index (χ4n) is 1.46. The summed E-state index contributed by atoms with van der Waals surface area (Å²) in [6.45, 7) is 0. The number of alkyl halides is 3. The third-order valence-corrected chi connectivity index (χ3v) is 2.21. The second-order valence-electron chi connectivity index (χ2n) is 3.46. The van der Waals surface area contributed by atoms with Crippen LogP contribution < -0.4 is 0 Å². The van der Waals surface area contributed by atoms with Gasteiger partial charge in [0, 0.05) is 18.3 Å². The topological polar surface area (TPSA) is 28.7 Å². The van der Waals surface area contributed by atoms with E-state index >= 15 is 0 Å². The zero-order valence-corrected chi connectivity index (χ0v) is 8.25. The lowest BCUT2D eigenvalue weighted by molar-refractivity contribution is -0.137. The number of aromatic nitrogens is 2. The zero-order valence-electron chi connectivity index (χ0n) is 8.25. The van der Waals surface area contributed by atoms with Crippen molar-refractivity contribution in [1.29, 1.82) is 0 Å². The first-order valence-corrected chi connectivity index (χ1v) is 4.70. The first kappa shape index (κ1) is 10.7. The molecule has 16 heavy (non-hydrogen) atoms. The summed E-state index contributed by atoms with van der Waals surface area (Å²) in [6.07, 6.45) is -2.29. The van der Waals surface area contributed by atoms with Crippen molar-refractivity contribution in [3.05, 3.63) is 53.3 Å². The highest BCUT2D eigenvalue weighted by molar-refractivity contribution is 5.28. The van der Waals surface area contributed by atoms with Crippen LogP contribution >= 0.6 is 0 Å². The fraction of sp³-hybridized carbons (Fsp3) is 0.182. The molecule has 0 fully saturated rings. The van der Waals surface area contributed by atoms with E-state index in [1.54, 1.807) is 18.3 Å². The van der Waals surface area contributed by atoms with Crippen molar-refractivity contribution >= 4 is 0 Å². The number of benzene rings is 1. The van der Waals surface area contributed by atoms with Gasteiger partial charge in [-0.2, -0.15) is 18.3 Å². The average molecular weight is 226 g/mol. The first-order valence-electron chi connectivity index (χ1n) is 4.70. The van der Waals surface area contributed by atoms with Gasteiger partial charge in [0.15, 0.2) is 0 Å². The van der Waals surface area contributed by atoms with Crippen LogP contribution in [-0.4, -0.2) is 10.2 Å². The lowest BCUT2D eigenvalue weighted by Crippen LogP contribution is -2.05. The van der Waals surface area contributed by atoms with Gasteiger partial charge >= 0.3 is 6.18 Å². The van der Waals surface area contributed by atoms with Gasteiger partial charge in [0.05, 0.1) is 5.56 Å². The maximum absolute atomic E-state index is 12.4. The molecule has 0 amide bonds. The minimum Gasteiger partial charge on any atom is -0.282 e. The molecular formula is C11H9F3N2. The van der Waals surface area contributed by atoms with Gasteiger partial charge < -0.3 is 0 Å². The SMILES string of the molecule is FC(F)(F)c1cccc(Cc2ccn[nH]2)c1. The predicted octanol–water partition coefficient (Wildman–Crippen LogP) is 3.02. The van der Waals surface area contributed by atoms with Gasteiger partial charge in [-0.05, 0) is 17.7 Å².